The monoisotopic (exact) mass is 536 g/mol. The average molecular weight is 537 g/mol. The highest BCUT2D eigenvalue weighted by molar-refractivity contribution is 7.65. The highest BCUT2D eigenvalue weighted by Gasteiger charge is 2.35. The van der Waals surface area contributed by atoms with Gasteiger partial charge in [-0.1, -0.05) is 19.5 Å². The fourth-order valence-electron chi connectivity index (χ4n) is 5.07. The van der Waals surface area contributed by atoms with Crippen LogP contribution in [0.25, 0.3) is 11.0 Å². The van der Waals surface area contributed by atoms with Crippen LogP contribution >= 0.6 is 19.5 Å². The molecule has 0 atom stereocenters. The summed E-state index contributed by atoms with van der Waals surface area (Å²) in [7, 11) is -0.461. The number of nitrogens with zero attached hydrogens (tertiary/aromatic N) is 7. The predicted molar refractivity (Wildman–Crippen MR) is 150 cm³/mol. The van der Waals surface area contributed by atoms with Crippen LogP contribution in [0.1, 0.15) is 18.9 Å². The summed E-state index contributed by atoms with van der Waals surface area (Å²) in [4.78, 5) is 20.7. The van der Waals surface area contributed by atoms with Gasteiger partial charge < -0.3 is 16.0 Å². The molecule has 6 rings (SSSR count). The maximum atomic E-state index is 6.49. The highest BCUT2D eigenvalue weighted by atomic mass is 35.5. The molecule has 4 heterocycles. The molecule has 2 aliphatic rings. The van der Waals surface area contributed by atoms with E-state index in [9.17, 15) is 0 Å². The Kier molecular flexibility index (Phi) is 6.90. The number of rotatable bonds is 7. The Morgan fingerprint density at radius 3 is 2.62 bits per heavy atom. The van der Waals surface area contributed by atoms with Gasteiger partial charge in [0.05, 0.1) is 35.2 Å². The summed E-state index contributed by atoms with van der Waals surface area (Å²) in [6, 6.07) is 5.07. The van der Waals surface area contributed by atoms with E-state index in [1.165, 1.54) is 0 Å². The van der Waals surface area contributed by atoms with Gasteiger partial charge in [-0.05, 0) is 38.3 Å². The normalized spacial score (nSPS) is 20.2. The smallest absolute Gasteiger partial charge is 0.229 e. The van der Waals surface area contributed by atoms with Gasteiger partial charge in [0.1, 0.15) is 5.02 Å². The van der Waals surface area contributed by atoms with Gasteiger partial charge >= 0.3 is 0 Å². The number of halogens is 1. The van der Waals surface area contributed by atoms with E-state index in [1.807, 2.05) is 24.5 Å². The molecule has 1 aliphatic carbocycles. The van der Waals surface area contributed by atoms with Crippen molar-refractivity contribution in [3.8, 4) is 0 Å². The lowest BCUT2D eigenvalue weighted by atomic mass is 9.85. The fourth-order valence-corrected chi connectivity index (χ4v) is 6.42. The molecule has 0 amide bonds. The maximum absolute atomic E-state index is 6.49. The molecule has 0 unspecified atom stereocenters. The lowest BCUT2D eigenvalue weighted by Crippen LogP contribution is -2.53. The number of piperazine rings is 1. The maximum Gasteiger partial charge on any atom is 0.229 e. The Bertz CT molecular complexity index is 1400. The van der Waals surface area contributed by atoms with Gasteiger partial charge in [-0.2, -0.15) is 10.1 Å². The quantitative estimate of drug-likeness (QED) is 0.304. The number of benzene rings is 1. The van der Waals surface area contributed by atoms with Gasteiger partial charge in [-0.15, -0.1) is 0 Å². The molecule has 1 saturated carbocycles. The van der Waals surface area contributed by atoms with Crippen LogP contribution in [-0.4, -0.2) is 80.2 Å². The van der Waals surface area contributed by atoms with Crippen LogP contribution in [0, 0.1) is 0 Å². The molecule has 3 N–H and O–H groups in total. The van der Waals surface area contributed by atoms with Gasteiger partial charge in [0.2, 0.25) is 5.95 Å². The second-order valence-corrected chi connectivity index (χ2v) is 12.3. The summed E-state index contributed by atoms with van der Waals surface area (Å²) >= 11 is 6.49. The molecule has 37 heavy (non-hydrogen) atoms. The van der Waals surface area contributed by atoms with Crippen LogP contribution < -0.4 is 21.3 Å². The SMILES string of the molecule is CP(C)c1c(Nc2nc(Nc3cnn(C4CC(N5CCNCC5)C4)c3)ncc2Cl)ccc2nccnc12. The zero-order chi connectivity index (χ0) is 25.4. The van der Waals surface area contributed by atoms with Crippen LogP contribution in [0.15, 0.2) is 43.1 Å². The summed E-state index contributed by atoms with van der Waals surface area (Å²) in [5, 5.41) is 16.3. The molecular weight excluding hydrogens is 507 g/mol. The van der Waals surface area contributed by atoms with Gasteiger partial charge in [0.15, 0.2) is 5.82 Å². The van der Waals surface area contributed by atoms with E-state index in [4.69, 9.17) is 11.6 Å². The molecule has 1 aliphatic heterocycles. The molecule has 12 heteroatoms. The Morgan fingerprint density at radius 2 is 1.81 bits per heavy atom. The zero-order valence-corrected chi connectivity index (χ0v) is 22.5. The van der Waals surface area contributed by atoms with Crippen molar-refractivity contribution in [3.63, 3.8) is 0 Å². The number of anilines is 4. The van der Waals surface area contributed by atoms with Crippen molar-refractivity contribution in [2.45, 2.75) is 24.9 Å². The third-order valence-corrected chi connectivity index (χ3v) is 8.67. The first kappa shape index (κ1) is 24.4. The lowest BCUT2D eigenvalue weighted by molar-refractivity contribution is 0.0674. The number of nitrogens with one attached hydrogen (secondary N) is 3. The predicted octanol–water partition coefficient (Wildman–Crippen LogP) is 3.73. The highest BCUT2D eigenvalue weighted by Crippen LogP contribution is 2.37. The molecule has 10 nitrogen and oxygen atoms in total. The molecular formula is C25H30ClN10P. The summed E-state index contributed by atoms with van der Waals surface area (Å²) in [6.45, 7) is 8.85. The number of hydrogen-bond acceptors (Lipinski definition) is 9. The van der Waals surface area contributed by atoms with Crippen LogP contribution in [0.2, 0.25) is 5.02 Å². The number of hydrogen-bond donors (Lipinski definition) is 3. The van der Waals surface area contributed by atoms with Crippen molar-refractivity contribution >= 4 is 59.0 Å². The minimum atomic E-state index is -0.461. The van der Waals surface area contributed by atoms with E-state index in [0.717, 1.165) is 66.7 Å². The minimum Gasteiger partial charge on any atom is -0.338 e. The Morgan fingerprint density at radius 1 is 1.00 bits per heavy atom. The average Bonchev–Trinajstić information content (AvgIpc) is 3.33. The molecule has 0 bridgehead atoms. The van der Waals surface area contributed by atoms with Crippen LogP contribution in [0.5, 0.6) is 0 Å². The summed E-state index contributed by atoms with van der Waals surface area (Å²) in [5.74, 6) is 0.988. The third-order valence-electron chi connectivity index (χ3n) is 7.05. The minimum absolute atomic E-state index is 0.436. The van der Waals surface area contributed by atoms with E-state index in [0.29, 0.717) is 28.9 Å². The number of fused-ring (bicyclic) bond motifs is 1. The Hall–Kier alpha value is -2.91. The second kappa shape index (κ2) is 10.5. The van der Waals surface area contributed by atoms with E-state index in [2.05, 4.69) is 63.9 Å². The zero-order valence-electron chi connectivity index (χ0n) is 20.9. The van der Waals surface area contributed by atoms with E-state index >= 15 is 0 Å². The second-order valence-electron chi connectivity index (χ2n) is 9.69. The molecule has 0 radical (unpaired) electrons. The van der Waals surface area contributed by atoms with Crippen molar-refractivity contribution in [1.29, 1.82) is 0 Å². The number of aromatic nitrogens is 6. The first-order valence-electron chi connectivity index (χ1n) is 12.5. The van der Waals surface area contributed by atoms with Crippen molar-refractivity contribution in [3.05, 3.63) is 48.1 Å². The molecule has 192 valence electrons. The van der Waals surface area contributed by atoms with Crippen molar-refractivity contribution in [1.82, 2.24) is 39.9 Å². The molecule has 1 aromatic carbocycles. The molecule has 1 saturated heterocycles. The largest absolute Gasteiger partial charge is 0.338 e. The van der Waals surface area contributed by atoms with Crippen LogP contribution in [0.3, 0.4) is 0 Å². The van der Waals surface area contributed by atoms with E-state index in [-0.39, 0.29) is 0 Å². The standard InChI is InChI=1S/C25H30ClN10P/c1-37(2)23-21(4-3-20-22(23)29-6-5-28-20)33-24-19(26)14-30-25(34-24)32-16-13-31-36(15-16)18-11-17(12-18)35-9-7-27-8-10-35/h3-6,13-15,17-18,27H,7-12H2,1-2H3,(H2,30,32,33,34). The first-order valence-corrected chi connectivity index (χ1v) is 15.1. The Labute approximate surface area is 222 Å². The fraction of sp³-hybridized carbons (Fsp3) is 0.400. The molecule has 4 aromatic rings. The van der Waals surface area contributed by atoms with Gasteiger partial charge in [0, 0.05) is 61.8 Å². The van der Waals surface area contributed by atoms with Crippen molar-refractivity contribution in [2.24, 2.45) is 0 Å². The van der Waals surface area contributed by atoms with Crippen LogP contribution in [-0.2, 0) is 0 Å². The first-order chi connectivity index (χ1) is 18.0. The van der Waals surface area contributed by atoms with E-state index in [1.54, 1.807) is 18.6 Å². The summed E-state index contributed by atoms with van der Waals surface area (Å²) < 4.78 is 2.06. The molecule has 3 aromatic heterocycles. The lowest BCUT2D eigenvalue weighted by Gasteiger charge is -2.44. The Balaban J connectivity index is 1.16. The van der Waals surface area contributed by atoms with Crippen molar-refractivity contribution < 1.29 is 0 Å². The van der Waals surface area contributed by atoms with E-state index < -0.39 is 7.92 Å². The molecule has 2 fully saturated rings. The third kappa shape index (κ3) is 5.11. The van der Waals surface area contributed by atoms with Crippen molar-refractivity contribution in [2.75, 3.05) is 50.1 Å². The van der Waals surface area contributed by atoms with Gasteiger partial charge in [-0.25, -0.2) is 4.98 Å². The van der Waals surface area contributed by atoms with Gasteiger partial charge in [0.25, 0.3) is 0 Å². The summed E-state index contributed by atoms with van der Waals surface area (Å²) in [5.41, 5.74) is 3.55. The van der Waals surface area contributed by atoms with Gasteiger partial charge in [-0.3, -0.25) is 19.5 Å². The summed E-state index contributed by atoms with van der Waals surface area (Å²) in [6.07, 6.45) is 11.2. The molecule has 0 spiro atoms. The van der Waals surface area contributed by atoms with Crippen LogP contribution in [0.4, 0.5) is 23.1 Å². The topological polar surface area (TPSA) is 109 Å².